The fourth-order valence-corrected chi connectivity index (χ4v) is 7.10. The lowest BCUT2D eigenvalue weighted by atomic mass is 9.84. The summed E-state index contributed by atoms with van der Waals surface area (Å²) in [4.78, 5) is 23.5. The molecular formula is C15H5Cl8NO2. The van der Waals surface area contributed by atoms with Crippen LogP contribution in [0, 0.1) is 11.8 Å². The molecule has 138 valence electrons. The predicted molar refractivity (Wildman–Crippen MR) is 106 cm³/mol. The molecule has 3 aliphatic rings. The van der Waals surface area contributed by atoms with Crippen molar-refractivity contribution in [2.45, 2.75) is 14.1 Å². The van der Waals surface area contributed by atoms with Crippen LogP contribution in [0.5, 0.6) is 0 Å². The van der Waals surface area contributed by atoms with Gasteiger partial charge >= 0.3 is 0 Å². The van der Waals surface area contributed by atoms with Gasteiger partial charge in [-0.05, 0) is 18.2 Å². The van der Waals surface area contributed by atoms with E-state index in [0.29, 0.717) is 0 Å². The number of halogens is 8. The van der Waals surface area contributed by atoms with Gasteiger partial charge in [0.2, 0.25) is 11.8 Å². The molecular weight excluding hydrogens is 510 g/mol. The molecule has 0 spiro atoms. The largest absolute Gasteiger partial charge is 0.274 e. The molecule has 4 atom stereocenters. The number of benzene rings is 1. The summed E-state index contributed by atoms with van der Waals surface area (Å²) in [6.45, 7) is 0. The minimum absolute atomic E-state index is 0.140. The van der Waals surface area contributed by atoms with Gasteiger partial charge in [-0.1, -0.05) is 69.6 Å². The van der Waals surface area contributed by atoms with E-state index in [1.807, 2.05) is 0 Å². The van der Waals surface area contributed by atoms with Crippen LogP contribution in [0.1, 0.15) is 0 Å². The van der Waals surface area contributed by atoms with Crippen LogP contribution < -0.4 is 4.90 Å². The third-order valence-corrected chi connectivity index (χ3v) is 10.1. The first-order valence-electron chi connectivity index (χ1n) is 7.07. The minimum Gasteiger partial charge on any atom is -0.274 e. The number of fused-ring (bicyclic) bond motifs is 5. The zero-order valence-corrected chi connectivity index (χ0v) is 18.2. The Balaban J connectivity index is 1.90. The number of nitrogens with zero attached hydrogens (tertiary/aromatic N) is 1. The standard InChI is InChI=1S/C15H5Cl8NO2/c16-5-2-1-4(3-6(5)17)24-11(25)7-8(12(24)26)14(21)10(19)9(18)13(7,20)15(14,22)23/h1-3,7-8H/t7-,8-,13+,14+/m0/s1. The van der Waals surface area contributed by atoms with Crippen molar-refractivity contribution in [1.82, 2.24) is 0 Å². The molecule has 2 aliphatic carbocycles. The summed E-state index contributed by atoms with van der Waals surface area (Å²) in [5.41, 5.74) is 0.214. The number of hydrogen-bond donors (Lipinski definition) is 0. The molecule has 3 nitrogen and oxygen atoms in total. The number of hydrogen-bond acceptors (Lipinski definition) is 2. The highest BCUT2D eigenvalue weighted by atomic mass is 35.5. The van der Waals surface area contributed by atoms with Gasteiger partial charge in [0, 0.05) is 0 Å². The van der Waals surface area contributed by atoms with E-state index in [9.17, 15) is 9.59 Å². The van der Waals surface area contributed by atoms with Crippen molar-refractivity contribution < 1.29 is 9.59 Å². The van der Waals surface area contributed by atoms with E-state index in [1.54, 1.807) is 0 Å². The zero-order valence-electron chi connectivity index (χ0n) is 12.2. The number of allylic oxidation sites excluding steroid dienone is 2. The van der Waals surface area contributed by atoms with E-state index >= 15 is 0 Å². The van der Waals surface area contributed by atoms with Gasteiger partial charge in [0.15, 0.2) is 4.33 Å². The fraction of sp³-hybridized carbons (Fsp3) is 0.333. The number of alkyl halides is 4. The molecule has 1 saturated carbocycles. The number of imide groups is 1. The molecule has 2 amide bonds. The molecule has 1 aromatic rings. The quantitative estimate of drug-likeness (QED) is 0.343. The summed E-state index contributed by atoms with van der Waals surface area (Å²) in [5.74, 6) is -3.67. The lowest BCUT2D eigenvalue weighted by Gasteiger charge is -2.34. The molecule has 0 aromatic heterocycles. The first-order valence-corrected chi connectivity index (χ1v) is 10.1. The molecule has 2 fully saturated rings. The van der Waals surface area contributed by atoms with Crippen LogP contribution in [0.25, 0.3) is 0 Å². The summed E-state index contributed by atoms with van der Waals surface area (Å²) >= 11 is 50.4. The van der Waals surface area contributed by atoms with Crippen LogP contribution >= 0.6 is 92.8 Å². The number of carbonyl (C=O) groups excluding carboxylic acids is 2. The van der Waals surface area contributed by atoms with Gasteiger partial charge in [0.05, 0.1) is 37.6 Å². The number of anilines is 1. The summed E-state index contributed by atoms with van der Waals surface area (Å²) in [6, 6.07) is 4.32. The Labute approximate surface area is 188 Å². The highest BCUT2D eigenvalue weighted by molar-refractivity contribution is 6.67. The second-order valence-electron chi connectivity index (χ2n) is 6.19. The topological polar surface area (TPSA) is 37.4 Å². The van der Waals surface area contributed by atoms with Gasteiger partial charge in [0.25, 0.3) is 0 Å². The van der Waals surface area contributed by atoms with Crippen LogP contribution in [0.3, 0.4) is 0 Å². The van der Waals surface area contributed by atoms with Crippen LogP contribution in [-0.2, 0) is 9.59 Å². The first kappa shape index (κ1) is 19.7. The number of amides is 2. The monoisotopic (exact) mass is 511 g/mol. The van der Waals surface area contributed by atoms with E-state index in [1.165, 1.54) is 18.2 Å². The molecule has 11 heteroatoms. The Morgan fingerprint density at radius 3 is 1.65 bits per heavy atom. The van der Waals surface area contributed by atoms with Crippen LogP contribution in [0.2, 0.25) is 10.0 Å². The van der Waals surface area contributed by atoms with Crippen LogP contribution in [-0.4, -0.2) is 25.9 Å². The maximum atomic E-state index is 13.1. The lowest BCUT2D eigenvalue weighted by molar-refractivity contribution is -0.123. The molecule has 1 heterocycles. The van der Waals surface area contributed by atoms with Gasteiger partial charge in [-0.15, -0.1) is 23.2 Å². The maximum Gasteiger partial charge on any atom is 0.240 e. The number of carbonyl (C=O) groups is 2. The van der Waals surface area contributed by atoms with Crippen molar-refractivity contribution >= 4 is 110 Å². The molecule has 26 heavy (non-hydrogen) atoms. The normalized spacial score (nSPS) is 37.8. The molecule has 1 aliphatic heterocycles. The lowest BCUT2D eigenvalue weighted by Crippen LogP contribution is -2.50. The Morgan fingerprint density at radius 1 is 0.769 bits per heavy atom. The third kappa shape index (κ3) is 1.92. The molecule has 1 aromatic carbocycles. The molecule has 0 unspecified atom stereocenters. The average Bonchev–Trinajstić information content (AvgIpc) is 2.95. The average molecular weight is 515 g/mol. The SMILES string of the molecule is O=C1[C@@H]2[C@@H](C(=O)N1c1ccc(Cl)c(Cl)c1)[C@@]1(Cl)C(Cl)=C(Cl)[C@@]2(Cl)C1(Cl)Cl. The predicted octanol–water partition coefficient (Wildman–Crippen LogP) is 5.94. The van der Waals surface area contributed by atoms with E-state index in [4.69, 9.17) is 92.8 Å². The van der Waals surface area contributed by atoms with Crippen molar-refractivity contribution in [3.63, 3.8) is 0 Å². The van der Waals surface area contributed by atoms with E-state index < -0.39 is 37.7 Å². The highest BCUT2D eigenvalue weighted by Crippen LogP contribution is 2.77. The Bertz CT molecular complexity index is 884. The summed E-state index contributed by atoms with van der Waals surface area (Å²) in [5, 5.41) is 0.160. The highest BCUT2D eigenvalue weighted by Gasteiger charge is 2.87. The molecule has 2 bridgehead atoms. The van der Waals surface area contributed by atoms with Gasteiger partial charge in [0.1, 0.15) is 9.75 Å². The maximum absolute atomic E-state index is 13.1. The van der Waals surface area contributed by atoms with E-state index in [-0.39, 0.29) is 25.8 Å². The van der Waals surface area contributed by atoms with E-state index in [0.717, 1.165) is 4.90 Å². The summed E-state index contributed by atoms with van der Waals surface area (Å²) < 4.78 is -1.96. The second kappa shape index (κ2) is 5.73. The van der Waals surface area contributed by atoms with Gasteiger partial charge in [-0.25, -0.2) is 4.90 Å². The Hall–Kier alpha value is 0.420. The van der Waals surface area contributed by atoms with Crippen molar-refractivity contribution in [3.05, 3.63) is 38.3 Å². The van der Waals surface area contributed by atoms with E-state index in [2.05, 4.69) is 0 Å². The summed E-state index contributed by atoms with van der Waals surface area (Å²) in [6.07, 6.45) is 0. The van der Waals surface area contributed by atoms with Crippen LogP contribution in [0.4, 0.5) is 5.69 Å². The van der Waals surface area contributed by atoms with Crippen molar-refractivity contribution in [3.8, 4) is 0 Å². The van der Waals surface area contributed by atoms with Gasteiger partial charge in [-0.2, -0.15) is 0 Å². The number of rotatable bonds is 1. The van der Waals surface area contributed by atoms with Crippen molar-refractivity contribution in [2.75, 3.05) is 4.90 Å². The van der Waals surface area contributed by atoms with Gasteiger partial charge < -0.3 is 0 Å². The zero-order chi connectivity index (χ0) is 19.4. The molecule has 0 radical (unpaired) electrons. The van der Waals surface area contributed by atoms with Gasteiger partial charge in [-0.3, -0.25) is 9.59 Å². The van der Waals surface area contributed by atoms with Crippen molar-refractivity contribution in [2.24, 2.45) is 11.8 Å². The first-order chi connectivity index (χ1) is 11.9. The smallest absolute Gasteiger partial charge is 0.240 e. The Kier molecular flexibility index (Phi) is 4.35. The second-order valence-corrected chi connectivity index (χ2v) is 10.3. The molecule has 1 saturated heterocycles. The third-order valence-electron chi connectivity index (χ3n) is 5.07. The fourth-order valence-electron chi connectivity index (χ4n) is 3.87. The summed E-state index contributed by atoms with van der Waals surface area (Å²) in [7, 11) is 0. The molecule has 4 rings (SSSR count). The van der Waals surface area contributed by atoms with Crippen LogP contribution in [0.15, 0.2) is 28.3 Å². The molecule has 0 N–H and O–H groups in total. The minimum atomic E-state index is -1.96. The van der Waals surface area contributed by atoms with Crippen molar-refractivity contribution in [1.29, 1.82) is 0 Å². The Morgan fingerprint density at radius 2 is 1.23 bits per heavy atom.